The van der Waals surface area contributed by atoms with Gasteiger partial charge in [-0.2, -0.15) is 0 Å². The molecule has 0 N–H and O–H groups in total. The van der Waals surface area contributed by atoms with Gasteiger partial charge in [0.1, 0.15) is 16.8 Å². The SMILES string of the molecule is COC(=O)c1c(C(=O)OC(C)(C)C)c(C(=O)OC(C)(C)C)c(=O)n(C2CCCCC2)c1C. The van der Waals surface area contributed by atoms with Crippen molar-refractivity contribution in [2.45, 2.75) is 97.8 Å². The second-order valence-electron chi connectivity index (χ2n) is 10.2. The molecule has 8 nitrogen and oxygen atoms in total. The Morgan fingerprint density at radius 2 is 1.25 bits per heavy atom. The molecule has 1 aliphatic rings. The lowest BCUT2D eigenvalue weighted by atomic mass is 9.92. The Bertz CT molecular complexity index is 955. The highest BCUT2D eigenvalue weighted by Gasteiger charge is 2.37. The molecule has 0 saturated heterocycles. The fourth-order valence-corrected chi connectivity index (χ4v) is 3.99. The van der Waals surface area contributed by atoms with Gasteiger partial charge < -0.3 is 18.8 Å². The molecule has 178 valence electrons. The predicted molar refractivity (Wildman–Crippen MR) is 119 cm³/mol. The molecule has 0 aromatic carbocycles. The van der Waals surface area contributed by atoms with E-state index in [-0.39, 0.29) is 17.3 Å². The Balaban J connectivity index is 2.92. The summed E-state index contributed by atoms with van der Waals surface area (Å²) in [5.74, 6) is -2.74. The van der Waals surface area contributed by atoms with E-state index >= 15 is 0 Å². The molecule has 2 rings (SSSR count). The molecule has 0 atom stereocenters. The predicted octanol–water partition coefficient (Wildman–Crippen LogP) is 4.36. The monoisotopic (exact) mass is 449 g/mol. The average Bonchev–Trinajstić information content (AvgIpc) is 2.65. The second kappa shape index (κ2) is 9.46. The zero-order valence-electron chi connectivity index (χ0n) is 20.4. The minimum absolute atomic E-state index is 0.146. The number of rotatable bonds is 4. The minimum Gasteiger partial charge on any atom is -0.465 e. The Kier molecular flexibility index (Phi) is 7.58. The smallest absolute Gasteiger partial charge is 0.345 e. The Morgan fingerprint density at radius 3 is 1.69 bits per heavy atom. The van der Waals surface area contributed by atoms with Crippen molar-refractivity contribution < 1.29 is 28.6 Å². The van der Waals surface area contributed by atoms with Gasteiger partial charge in [-0.15, -0.1) is 0 Å². The van der Waals surface area contributed by atoms with Crippen molar-refractivity contribution in [3.63, 3.8) is 0 Å². The molecule has 0 aliphatic heterocycles. The van der Waals surface area contributed by atoms with Crippen LogP contribution in [0.2, 0.25) is 0 Å². The highest BCUT2D eigenvalue weighted by molar-refractivity contribution is 6.10. The number of aromatic nitrogens is 1. The first kappa shape index (κ1) is 25.6. The van der Waals surface area contributed by atoms with Crippen LogP contribution in [0.3, 0.4) is 0 Å². The van der Waals surface area contributed by atoms with Gasteiger partial charge in [0.05, 0.1) is 18.2 Å². The van der Waals surface area contributed by atoms with Crippen LogP contribution < -0.4 is 5.56 Å². The van der Waals surface area contributed by atoms with Gasteiger partial charge in [0, 0.05) is 11.7 Å². The van der Waals surface area contributed by atoms with Crippen molar-refractivity contribution >= 4 is 17.9 Å². The van der Waals surface area contributed by atoms with Crippen LogP contribution in [0, 0.1) is 6.92 Å². The van der Waals surface area contributed by atoms with Crippen LogP contribution >= 0.6 is 0 Å². The van der Waals surface area contributed by atoms with E-state index in [1.165, 1.54) is 11.7 Å². The van der Waals surface area contributed by atoms with Gasteiger partial charge in [-0.25, -0.2) is 14.4 Å². The van der Waals surface area contributed by atoms with Gasteiger partial charge in [-0.05, 0) is 61.3 Å². The van der Waals surface area contributed by atoms with Crippen molar-refractivity contribution in [2.24, 2.45) is 0 Å². The molecule has 1 aromatic heterocycles. The van der Waals surface area contributed by atoms with Crippen molar-refractivity contribution in [3.8, 4) is 0 Å². The number of hydrogen-bond donors (Lipinski definition) is 0. The van der Waals surface area contributed by atoms with Gasteiger partial charge >= 0.3 is 17.9 Å². The first-order valence-corrected chi connectivity index (χ1v) is 11.0. The summed E-state index contributed by atoms with van der Waals surface area (Å²) < 4.78 is 17.3. The summed E-state index contributed by atoms with van der Waals surface area (Å²) >= 11 is 0. The number of ether oxygens (including phenoxy) is 3. The molecule has 1 aromatic rings. The van der Waals surface area contributed by atoms with E-state index in [9.17, 15) is 19.2 Å². The summed E-state index contributed by atoms with van der Waals surface area (Å²) in [5, 5.41) is 0. The number of hydrogen-bond acceptors (Lipinski definition) is 7. The third-order valence-corrected chi connectivity index (χ3v) is 5.19. The molecule has 0 bridgehead atoms. The van der Waals surface area contributed by atoms with Crippen molar-refractivity contribution in [1.29, 1.82) is 0 Å². The fraction of sp³-hybridized carbons (Fsp3) is 0.667. The van der Waals surface area contributed by atoms with Crippen LogP contribution in [-0.4, -0.2) is 40.8 Å². The van der Waals surface area contributed by atoms with E-state index in [2.05, 4.69) is 0 Å². The van der Waals surface area contributed by atoms with E-state index in [0.717, 1.165) is 32.1 Å². The standard InChI is InChI=1S/C24H35NO7/c1-14-16(20(27)30-8)17(21(28)31-23(2,3)4)18(22(29)32-24(5,6)7)19(26)25(14)15-12-10-9-11-13-15/h15H,9-13H2,1-8H3. The third kappa shape index (κ3) is 5.78. The van der Waals surface area contributed by atoms with E-state index < -0.39 is 45.8 Å². The number of esters is 3. The quantitative estimate of drug-likeness (QED) is 0.497. The molecule has 1 fully saturated rings. The molecular formula is C24H35NO7. The molecule has 0 spiro atoms. The Morgan fingerprint density at radius 1 is 0.781 bits per heavy atom. The number of carbonyl (C=O) groups excluding carboxylic acids is 3. The maximum Gasteiger partial charge on any atom is 0.345 e. The summed E-state index contributed by atoms with van der Waals surface area (Å²) in [6.07, 6.45) is 4.39. The topological polar surface area (TPSA) is 101 Å². The molecule has 0 radical (unpaired) electrons. The van der Waals surface area contributed by atoms with Crippen LogP contribution in [0.4, 0.5) is 0 Å². The lowest BCUT2D eigenvalue weighted by molar-refractivity contribution is 0.00133. The minimum atomic E-state index is -0.974. The number of pyridine rings is 1. The summed E-state index contributed by atoms with van der Waals surface area (Å²) in [4.78, 5) is 52.9. The summed E-state index contributed by atoms with van der Waals surface area (Å²) in [6, 6.07) is -0.187. The first-order valence-electron chi connectivity index (χ1n) is 11.0. The molecule has 0 unspecified atom stereocenters. The van der Waals surface area contributed by atoms with Crippen LogP contribution in [0.1, 0.15) is 116 Å². The lowest BCUT2D eigenvalue weighted by Crippen LogP contribution is -2.40. The van der Waals surface area contributed by atoms with Crippen molar-refractivity contribution in [3.05, 3.63) is 32.7 Å². The van der Waals surface area contributed by atoms with Gasteiger partial charge in [0.25, 0.3) is 5.56 Å². The Hall–Kier alpha value is -2.64. The molecule has 1 aliphatic carbocycles. The zero-order valence-corrected chi connectivity index (χ0v) is 20.4. The third-order valence-electron chi connectivity index (χ3n) is 5.19. The average molecular weight is 450 g/mol. The molecular weight excluding hydrogens is 414 g/mol. The van der Waals surface area contributed by atoms with Crippen molar-refractivity contribution in [1.82, 2.24) is 4.57 Å². The maximum atomic E-state index is 13.7. The van der Waals surface area contributed by atoms with Gasteiger partial charge in [0.15, 0.2) is 0 Å². The van der Waals surface area contributed by atoms with Crippen molar-refractivity contribution in [2.75, 3.05) is 7.11 Å². The van der Waals surface area contributed by atoms with Gasteiger partial charge in [-0.3, -0.25) is 4.79 Å². The van der Waals surface area contributed by atoms with Gasteiger partial charge in [0.2, 0.25) is 0 Å². The maximum absolute atomic E-state index is 13.7. The van der Waals surface area contributed by atoms with E-state index in [4.69, 9.17) is 14.2 Å². The normalized spacial score (nSPS) is 15.2. The van der Waals surface area contributed by atoms with Crippen LogP contribution in [0.25, 0.3) is 0 Å². The van der Waals surface area contributed by atoms with E-state index in [0.29, 0.717) is 0 Å². The van der Waals surface area contributed by atoms with Crippen LogP contribution in [0.15, 0.2) is 4.79 Å². The highest BCUT2D eigenvalue weighted by atomic mass is 16.6. The molecule has 1 heterocycles. The summed E-state index contributed by atoms with van der Waals surface area (Å²) in [7, 11) is 1.18. The molecule has 0 amide bonds. The van der Waals surface area contributed by atoms with E-state index in [1.54, 1.807) is 48.5 Å². The largest absolute Gasteiger partial charge is 0.465 e. The first-order chi connectivity index (χ1) is 14.7. The van der Waals surface area contributed by atoms with Crippen LogP contribution in [0.5, 0.6) is 0 Å². The number of nitrogens with zero attached hydrogens (tertiary/aromatic N) is 1. The highest BCUT2D eigenvalue weighted by Crippen LogP contribution is 2.31. The number of methoxy groups -OCH3 is 1. The zero-order chi connectivity index (χ0) is 24.4. The Labute approximate surface area is 189 Å². The van der Waals surface area contributed by atoms with Gasteiger partial charge in [-0.1, -0.05) is 19.3 Å². The van der Waals surface area contributed by atoms with E-state index in [1.807, 2.05) is 0 Å². The second-order valence-corrected chi connectivity index (χ2v) is 10.2. The number of carbonyl (C=O) groups is 3. The summed E-state index contributed by atoms with van der Waals surface area (Å²) in [5.41, 5.74) is -3.25. The molecule has 1 saturated carbocycles. The summed E-state index contributed by atoms with van der Waals surface area (Å²) in [6.45, 7) is 11.5. The molecule has 32 heavy (non-hydrogen) atoms. The van der Waals surface area contributed by atoms with Crippen LogP contribution in [-0.2, 0) is 14.2 Å². The molecule has 8 heteroatoms. The lowest BCUT2D eigenvalue weighted by Gasteiger charge is -2.29. The fourth-order valence-electron chi connectivity index (χ4n) is 3.99.